The second kappa shape index (κ2) is 9.69. The van der Waals surface area contributed by atoms with Crippen LogP contribution in [0.1, 0.15) is 23.8 Å². The molecule has 1 aromatic carbocycles. The number of benzene rings is 1. The first-order valence-electron chi connectivity index (χ1n) is 12.3. The first-order chi connectivity index (χ1) is 17.9. The molecule has 3 N–H and O–H groups in total. The fourth-order valence-corrected chi connectivity index (χ4v) is 6.16. The van der Waals surface area contributed by atoms with Gasteiger partial charge in [-0.3, -0.25) is 5.10 Å². The summed E-state index contributed by atoms with van der Waals surface area (Å²) in [6.07, 6.45) is 2.75. The van der Waals surface area contributed by atoms with E-state index in [1.54, 1.807) is 35.0 Å². The van der Waals surface area contributed by atoms with Gasteiger partial charge in [-0.2, -0.15) is 10.1 Å². The number of aliphatic hydroxyl groups is 1. The lowest BCUT2D eigenvalue weighted by Crippen LogP contribution is -2.43. The number of thioether (sulfide) groups is 1. The Hall–Kier alpha value is -3.03. The second-order valence-corrected chi connectivity index (χ2v) is 10.5. The number of aliphatic hydroxyl groups excluding tert-OH is 1. The van der Waals surface area contributed by atoms with Gasteiger partial charge in [-0.25, -0.2) is 8.78 Å². The molecule has 2 atom stereocenters. The summed E-state index contributed by atoms with van der Waals surface area (Å²) < 4.78 is 40.2. The molecule has 0 radical (unpaired) electrons. The lowest BCUT2D eigenvalue weighted by Gasteiger charge is -2.35. The van der Waals surface area contributed by atoms with Crippen LogP contribution in [0.5, 0.6) is 0 Å². The Morgan fingerprint density at radius 1 is 1.24 bits per heavy atom. The molecule has 0 aliphatic carbocycles. The number of aromatic amines is 1. The Morgan fingerprint density at radius 2 is 2.08 bits per heavy atom. The molecule has 37 heavy (non-hydrogen) atoms. The molecule has 0 spiro atoms. The third-order valence-electron chi connectivity index (χ3n) is 6.96. The first-order valence-corrected chi connectivity index (χ1v) is 13.2. The summed E-state index contributed by atoms with van der Waals surface area (Å²) in [5.41, 5.74) is 3.82. The molecule has 0 amide bonds. The van der Waals surface area contributed by atoms with Crippen molar-refractivity contribution in [1.29, 1.82) is 0 Å². The van der Waals surface area contributed by atoms with Crippen LogP contribution in [0.25, 0.3) is 11.1 Å². The number of nitrogens with one attached hydrogen (secondary N) is 2. The van der Waals surface area contributed by atoms with Crippen LogP contribution in [0.2, 0.25) is 0 Å². The van der Waals surface area contributed by atoms with Crippen molar-refractivity contribution in [2.75, 3.05) is 61.6 Å². The number of H-pyrrole nitrogens is 1. The molecule has 3 aliphatic rings. The quantitative estimate of drug-likeness (QED) is 0.407. The molecule has 5 heterocycles. The Bertz CT molecular complexity index is 1280. The van der Waals surface area contributed by atoms with Gasteiger partial charge in [-0.1, -0.05) is 0 Å². The molecule has 3 aliphatic heterocycles. The van der Waals surface area contributed by atoms with E-state index in [0.717, 1.165) is 5.56 Å². The van der Waals surface area contributed by atoms with Crippen LogP contribution in [0.15, 0.2) is 40.0 Å². The molecular weight excluding hydrogens is 504 g/mol. The number of likely N-dealkylation sites (N-methyl/N-ethyl adjacent to an activating group) is 1. The van der Waals surface area contributed by atoms with Crippen LogP contribution in [0, 0.1) is 0 Å². The number of ether oxygens (including phenoxy) is 1. The van der Waals surface area contributed by atoms with E-state index in [1.807, 2.05) is 28.5 Å². The van der Waals surface area contributed by atoms with E-state index >= 15 is 0 Å². The normalized spacial score (nSPS) is 23.0. The summed E-state index contributed by atoms with van der Waals surface area (Å²) >= 11 is 1.56. The van der Waals surface area contributed by atoms with Crippen molar-refractivity contribution >= 4 is 40.3 Å². The highest BCUT2D eigenvalue weighted by molar-refractivity contribution is 8.02. The molecule has 2 aromatic heterocycles. The van der Waals surface area contributed by atoms with E-state index in [9.17, 15) is 13.9 Å². The topological polar surface area (TPSA) is 106 Å². The number of fused-ring (bicyclic) bond motifs is 1. The smallest absolute Gasteiger partial charge is 0.298 e. The molecule has 2 saturated heterocycles. The van der Waals surface area contributed by atoms with Gasteiger partial charge in [0.05, 0.1) is 43.0 Å². The number of oxazole rings is 1. The van der Waals surface area contributed by atoms with Crippen LogP contribution in [-0.2, 0) is 4.74 Å². The average molecular weight is 534 g/mol. The fraction of sp³-hybridized carbons (Fsp3) is 0.500. The van der Waals surface area contributed by atoms with Gasteiger partial charge < -0.3 is 34.3 Å². The highest BCUT2D eigenvalue weighted by Gasteiger charge is 2.37. The van der Waals surface area contributed by atoms with Crippen molar-refractivity contribution < 1.29 is 23.0 Å². The van der Waals surface area contributed by atoms with E-state index in [4.69, 9.17) is 9.15 Å². The van der Waals surface area contributed by atoms with Crippen LogP contribution in [0.3, 0.4) is 0 Å². The van der Waals surface area contributed by atoms with Crippen molar-refractivity contribution in [1.82, 2.24) is 20.1 Å². The number of rotatable bonds is 6. The molecule has 13 heteroatoms. The SMILES string of the molecule is CN1C(C(O)Nc2cc3oc(N4CCOCC4)nc3cc2N2CCCC(F)(F)C2)=CSC1c1cn[nH]c1. The molecule has 2 unspecified atom stereocenters. The molecule has 6 rings (SSSR count). The highest BCUT2D eigenvalue weighted by Crippen LogP contribution is 2.43. The van der Waals surface area contributed by atoms with E-state index in [1.165, 1.54) is 0 Å². The standard InChI is InChI=1S/C24H29F2N7O3S/c1-31-19(13-37-22(31)15-11-27-28-12-15)21(34)29-16-10-20-17(30-23(36-20)32-5-7-35-8-6-32)9-18(16)33-4-2-3-24(25,26)14-33/h9-13,21-22,29,34H,2-8,14H2,1H3,(H,27,28). The number of alkyl halides is 2. The minimum atomic E-state index is -2.78. The van der Waals surface area contributed by atoms with Gasteiger partial charge in [-0.15, -0.1) is 11.8 Å². The van der Waals surface area contributed by atoms with Crippen molar-refractivity contribution in [3.05, 3.63) is 41.2 Å². The third-order valence-corrected chi connectivity index (χ3v) is 8.19. The number of morpholine rings is 1. The maximum absolute atomic E-state index is 14.4. The van der Waals surface area contributed by atoms with Gasteiger partial charge in [0.2, 0.25) is 0 Å². The third kappa shape index (κ3) is 4.82. The molecular formula is C24H29F2N7O3S. The largest absolute Gasteiger partial charge is 0.423 e. The maximum atomic E-state index is 14.4. The summed E-state index contributed by atoms with van der Waals surface area (Å²) in [4.78, 5) is 10.3. The number of anilines is 3. The van der Waals surface area contributed by atoms with Crippen LogP contribution < -0.4 is 15.1 Å². The van der Waals surface area contributed by atoms with Gasteiger partial charge in [0.25, 0.3) is 11.9 Å². The number of piperidine rings is 1. The van der Waals surface area contributed by atoms with Crippen molar-refractivity contribution in [2.24, 2.45) is 0 Å². The first kappa shape index (κ1) is 24.3. The zero-order valence-corrected chi connectivity index (χ0v) is 21.2. The summed E-state index contributed by atoms with van der Waals surface area (Å²) in [7, 11) is 1.90. The Kier molecular flexibility index (Phi) is 6.37. The van der Waals surface area contributed by atoms with Gasteiger partial charge in [0, 0.05) is 50.9 Å². The zero-order chi connectivity index (χ0) is 25.6. The molecule has 0 bridgehead atoms. The van der Waals surface area contributed by atoms with E-state index in [-0.39, 0.29) is 11.8 Å². The Morgan fingerprint density at radius 3 is 2.84 bits per heavy atom. The number of nitrogens with zero attached hydrogens (tertiary/aromatic N) is 5. The molecule has 0 saturated carbocycles. The number of hydrogen-bond acceptors (Lipinski definition) is 10. The second-order valence-electron chi connectivity index (χ2n) is 9.53. The van der Waals surface area contributed by atoms with Crippen molar-refractivity contribution in [3.8, 4) is 0 Å². The highest BCUT2D eigenvalue weighted by atomic mass is 32.2. The Balaban J connectivity index is 1.31. The molecule has 3 aromatic rings. The van der Waals surface area contributed by atoms with E-state index in [0.29, 0.717) is 73.5 Å². The number of hydrogen-bond donors (Lipinski definition) is 3. The number of aromatic nitrogens is 3. The van der Waals surface area contributed by atoms with Crippen molar-refractivity contribution in [2.45, 2.75) is 30.4 Å². The monoisotopic (exact) mass is 533 g/mol. The molecule has 10 nitrogen and oxygen atoms in total. The molecule has 198 valence electrons. The van der Waals surface area contributed by atoms with Crippen LogP contribution in [0.4, 0.5) is 26.2 Å². The van der Waals surface area contributed by atoms with Crippen molar-refractivity contribution in [3.63, 3.8) is 0 Å². The lowest BCUT2D eigenvalue weighted by atomic mass is 10.1. The summed E-state index contributed by atoms with van der Waals surface area (Å²) in [6.45, 7) is 2.60. The summed E-state index contributed by atoms with van der Waals surface area (Å²) in [5.74, 6) is -2.78. The van der Waals surface area contributed by atoms with E-state index in [2.05, 4.69) is 20.5 Å². The Labute approximate surface area is 216 Å². The number of halogens is 2. The summed E-state index contributed by atoms with van der Waals surface area (Å²) in [5, 5.41) is 23.1. The predicted molar refractivity (Wildman–Crippen MR) is 138 cm³/mol. The fourth-order valence-electron chi connectivity index (χ4n) is 5.01. The zero-order valence-electron chi connectivity index (χ0n) is 20.4. The van der Waals surface area contributed by atoms with Crippen LogP contribution >= 0.6 is 11.8 Å². The minimum Gasteiger partial charge on any atom is -0.423 e. The van der Waals surface area contributed by atoms with E-state index < -0.39 is 18.7 Å². The van der Waals surface area contributed by atoms with Gasteiger partial charge in [0.15, 0.2) is 11.8 Å². The van der Waals surface area contributed by atoms with Gasteiger partial charge in [0.1, 0.15) is 10.9 Å². The predicted octanol–water partition coefficient (Wildman–Crippen LogP) is 3.57. The van der Waals surface area contributed by atoms with Crippen LogP contribution in [-0.4, -0.2) is 83.8 Å². The molecule has 2 fully saturated rings. The van der Waals surface area contributed by atoms with Gasteiger partial charge in [-0.05, 0) is 17.9 Å². The lowest BCUT2D eigenvalue weighted by molar-refractivity contribution is -0.0116. The van der Waals surface area contributed by atoms with Gasteiger partial charge >= 0.3 is 0 Å². The summed E-state index contributed by atoms with van der Waals surface area (Å²) in [6, 6.07) is 3.99. The minimum absolute atomic E-state index is 0.0294. The average Bonchev–Trinajstić information content (AvgIpc) is 3.63. The maximum Gasteiger partial charge on any atom is 0.298 e.